The van der Waals surface area contributed by atoms with Gasteiger partial charge in [0.15, 0.2) is 0 Å². The largest absolute Gasteiger partial charge is 0.368 e. The van der Waals surface area contributed by atoms with Crippen LogP contribution in [0.4, 0.5) is 5.95 Å². The standard InChI is InChI=1S/C23H22N8/c1-14(2)19-9-5-7-16(26-19)12-31-13-22(29-30-31)21-10-20(27-23(25)28-21)17-8-4-6-15(3)18(17)11-24/h4-10,13-14H,12H2,1-3H3,(H2,25,27,28). The van der Waals surface area contributed by atoms with Crippen molar-refractivity contribution in [3.05, 3.63) is 71.2 Å². The molecule has 3 aromatic heterocycles. The van der Waals surface area contributed by atoms with Gasteiger partial charge < -0.3 is 5.73 Å². The van der Waals surface area contributed by atoms with Gasteiger partial charge in [-0.1, -0.05) is 43.3 Å². The third-order valence-corrected chi connectivity index (χ3v) is 4.95. The van der Waals surface area contributed by atoms with Gasteiger partial charge in [-0.2, -0.15) is 5.26 Å². The summed E-state index contributed by atoms with van der Waals surface area (Å²) in [6.45, 7) is 6.62. The number of nitrogens with zero attached hydrogens (tertiary/aromatic N) is 7. The molecule has 0 saturated carbocycles. The highest BCUT2D eigenvalue weighted by Gasteiger charge is 2.14. The van der Waals surface area contributed by atoms with Crippen molar-refractivity contribution in [1.82, 2.24) is 29.9 Å². The quantitative estimate of drug-likeness (QED) is 0.532. The Morgan fingerprint density at radius 2 is 1.81 bits per heavy atom. The molecule has 154 valence electrons. The average molecular weight is 410 g/mol. The van der Waals surface area contributed by atoms with Gasteiger partial charge in [0.05, 0.1) is 35.4 Å². The van der Waals surface area contributed by atoms with Crippen molar-refractivity contribution in [2.24, 2.45) is 0 Å². The van der Waals surface area contributed by atoms with E-state index < -0.39 is 0 Å². The van der Waals surface area contributed by atoms with Gasteiger partial charge in [-0.25, -0.2) is 14.6 Å². The lowest BCUT2D eigenvalue weighted by molar-refractivity contribution is 0.634. The number of rotatable bonds is 5. The number of anilines is 1. The molecule has 8 nitrogen and oxygen atoms in total. The summed E-state index contributed by atoms with van der Waals surface area (Å²) < 4.78 is 1.72. The molecule has 0 aliphatic rings. The number of pyridine rings is 1. The molecule has 0 radical (unpaired) electrons. The van der Waals surface area contributed by atoms with Gasteiger partial charge in [0.2, 0.25) is 5.95 Å². The van der Waals surface area contributed by atoms with Crippen LogP contribution in [-0.2, 0) is 6.54 Å². The first-order valence-corrected chi connectivity index (χ1v) is 9.95. The van der Waals surface area contributed by atoms with Crippen molar-refractivity contribution < 1.29 is 0 Å². The van der Waals surface area contributed by atoms with Crippen molar-refractivity contribution in [2.75, 3.05) is 5.73 Å². The van der Waals surface area contributed by atoms with Gasteiger partial charge in [-0.15, -0.1) is 5.10 Å². The number of benzene rings is 1. The predicted molar refractivity (Wildman–Crippen MR) is 118 cm³/mol. The van der Waals surface area contributed by atoms with Gasteiger partial charge in [-0.3, -0.25) is 4.98 Å². The molecular weight excluding hydrogens is 388 g/mol. The third-order valence-electron chi connectivity index (χ3n) is 4.95. The molecular formula is C23H22N8. The van der Waals surface area contributed by atoms with Crippen LogP contribution in [0.15, 0.2) is 48.7 Å². The van der Waals surface area contributed by atoms with E-state index in [2.05, 4.69) is 45.2 Å². The van der Waals surface area contributed by atoms with E-state index in [9.17, 15) is 5.26 Å². The summed E-state index contributed by atoms with van der Waals surface area (Å²) in [5.74, 6) is 0.465. The van der Waals surface area contributed by atoms with Crippen molar-refractivity contribution in [2.45, 2.75) is 33.2 Å². The zero-order valence-electron chi connectivity index (χ0n) is 17.6. The summed E-state index contributed by atoms with van der Waals surface area (Å²) in [4.78, 5) is 13.3. The minimum absolute atomic E-state index is 0.110. The number of hydrogen-bond acceptors (Lipinski definition) is 7. The normalized spacial score (nSPS) is 10.9. The fourth-order valence-electron chi connectivity index (χ4n) is 3.33. The van der Waals surface area contributed by atoms with Crippen LogP contribution in [0.1, 0.15) is 42.3 Å². The van der Waals surface area contributed by atoms with E-state index >= 15 is 0 Å². The highest BCUT2D eigenvalue weighted by molar-refractivity contribution is 5.73. The van der Waals surface area contributed by atoms with Crippen LogP contribution in [0.25, 0.3) is 22.6 Å². The molecule has 4 rings (SSSR count). The lowest BCUT2D eigenvalue weighted by atomic mass is 10.00. The maximum absolute atomic E-state index is 9.56. The zero-order valence-corrected chi connectivity index (χ0v) is 17.6. The van der Waals surface area contributed by atoms with E-state index in [0.29, 0.717) is 40.7 Å². The number of aromatic nitrogens is 6. The number of aryl methyl sites for hydroxylation is 1. The van der Waals surface area contributed by atoms with Gasteiger partial charge in [-0.05, 0) is 36.6 Å². The smallest absolute Gasteiger partial charge is 0.221 e. The molecule has 2 N–H and O–H groups in total. The number of hydrogen-bond donors (Lipinski definition) is 1. The molecule has 4 aromatic rings. The van der Waals surface area contributed by atoms with Crippen molar-refractivity contribution in [3.63, 3.8) is 0 Å². The second kappa shape index (κ2) is 8.32. The minimum atomic E-state index is 0.110. The molecule has 1 aromatic carbocycles. The van der Waals surface area contributed by atoms with E-state index in [1.165, 1.54) is 0 Å². The summed E-state index contributed by atoms with van der Waals surface area (Å²) in [6, 6.07) is 15.6. The Kier molecular flexibility index (Phi) is 5.41. The molecule has 0 unspecified atom stereocenters. The first-order chi connectivity index (χ1) is 14.9. The number of nitrogens with two attached hydrogens (primary N) is 1. The summed E-state index contributed by atoms with van der Waals surface area (Å²) in [6.07, 6.45) is 1.80. The predicted octanol–water partition coefficient (Wildman–Crippen LogP) is 3.73. The maximum Gasteiger partial charge on any atom is 0.221 e. The Labute approximate surface area is 180 Å². The van der Waals surface area contributed by atoms with Crippen LogP contribution in [0, 0.1) is 18.3 Å². The topological polar surface area (TPSA) is 119 Å². The van der Waals surface area contributed by atoms with Gasteiger partial charge in [0.1, 0.15) is 11.8 Å². The SMILES string of the molecule is Cc1cccc(-c2cc(-c3cn(Cc4cccc(C(C)C)n4)nn3)nc(N)n2)c1C#N. The summed E-state index contributed by atoms with van der Waals surface area (Å²) in [5, 5.41) is 18.0. The minimum Gasteiger partial charge on any atom is -0.368 e. The van der Waals surface area contributed by atoms with Crippen LogP contribution >= 0.6 is 0 Å². The van der Waals surface area contributed by atoms with E-state index in [4.69, 9.17) is 5.73 Å². The lowest BCUT2D eigenvalue weighted by Gasteiger charge is -2.08. The van der Waals surface area contributed by atoms with Gasteiger partial charge >= 0.3 is 0 Å². The highest BCUT2D eigenvalue weighted by Crippen LogP contribution is 2.27. The molecule has 0 aliphatic heterocycles. The molecule has 0 fully saturated rings. The molecule has 0 amide bonds. The second-order valence-corrected chi connectivity index (χ2v) is 7.62. The number of nitrogen functional groups attached to an aromatic ring is 1. The average Bonchev–Trinajstić information content (AvgIpc) is 3.22. The molecule has 0 aliphatic carbocycles. The summed E-state index contributed by atoms with van der Waals surface area (Å²) in [5.41, 5.74) is 11.7. The lowest BCUT2D eigenvalue weighted by Crippen LogP contribution is -2.04. The third kappa shape index (κ3) is 4.26. The Morgan fingerprint density at radius 1 is 1.03 bits per heavy atom. The van der Waals surface area contributed by atoms with E-state index in [-0.39, 0.29) is 5.95 Å². The first-order valence-electron chi connectivity index (χ1n) is 9.95. The Balaban J connectivity index is 1.66. The summed E-state index contributed by atoms with van der Waals surface area (Å²) in [7, 11) is 0. The van der Waals surface area contributed by atoms with Crippen LogP contribution in [-0.4, -0.2) is 29.9 Å². The molecule has 8 heteroatoms. The molecule has 0 atom stereocenters. The Hall–Kier alpha value is -4.12. The second-order valence-electron chi connectivity index (χ2n) is 7.62. The summed E-state index contributed by atoms with van der Waals surface area (Å²) >= 11 is 0. The van der Waals surface area contributed by atoms with E-state index in [1.807, 2.05) is 43.3 Å². The Morgan fingerprint density at radius 3 is 2.58 bits per heavy atom. The maximum atomic E-state index is 9.56. The van der Waals surface area contributed by atoms with Crippen molar-refractivity contribution >= 4 is 5.95 Å². The Bertz CT molecular complexity index is 1280. The molecule has 0 spiro atoms. The molecule has 3 heterocycles. The molecule has 0 bridgehead atoms. The number of nitriles is 1. The first kappa shape index (κ1) is 20.2. The highest BCUT2D eigenvalue weighted by atomic mass is 15.4. The zero-order chi connectivity index (χ0) is 22.0. The van der Waals surface area contributed by atoms with Crippen molar-refractivity contribution in [1.29, 1.82) is 5.26 Å². The van der Waals surface area contributed by atoms with Crippen LogP contribution in [0.2, 0.25) is 0 Å². The van der Waals surface area contributed by atoms with Crippen molar-refractivity contribution in [3.8, 4) is 28.7 Å². The monoisotopic (exact) mass is 410 g/mol. The van der Waals surface area contributed by atoms with Gasteiger partial charge in [0, 0.05) is 11.3 Å². The van der Waals surface area contributed by atoms with E-state index in [1.54, 1.807) is 16.9 Å². The van der Waals surface area contributed by atoms with Crippen LogP contribution < -0.4 is 5.73 Å². The van der Waals surface area contributed by atoms with Crippen LogP contribution in [0.5, 0.6) is 0 Å². The van der Waals surface area contributed by atoms with Gasteiger partial charge in [0.25, 0.3) is 0 Å². The molecule has 31 heavy (non-hydrogen) atoms. The van der Waals surface area contributed by atoms with Crippen LogP contribution in [0.3, 0.4) is 0 Å². The van der Waals surface area contributed by atoms with E-state index in [0.717, 1.165) is 17.0 Å². The molecule has 0 saturated heterocycles. The fraction of sp³-hybridized carbons (Fsp3) is 0.217. The fourth-order valence-corrected chi connectivity index (χ4v) is 3.33.